The molecule has 0 aliphatic heterocycles. The van der Waals surface area contributed by atoms with Gasteiger partial charge in [0.15, 0.2) is 0 Å². The molecule has 15 heavy (non-hydrogen) atoms. The van der Waals surface area contributed by atoms with Gasteiger partial charge in [0, 0.05) is 11.4 Å². The van der Waals surface area contributed by atoms with Crippen molar-refractivity contribution in [3.05, 3.63) is 29.8 Å². The summed E-state index contributed by atoms with van der Waals surface area (Å²) in [5.41, 5.74) is 0.621. The lowest BCUT2D eigenvalue weighted by molar-refractivity contribution is -0.118. The Morgan fingerprint density at radius 1 is 1.60 bits per heavy atom. The van der Waals surface area contributed by atoms with Gasteiger partial charge in [-0.1, -0.05) is 6.07 Å². The summed E-state index contributed by atoms with van der Waals surface area (Å²) in [6, 6.07) is 9.31. The molecule has 0 bridgehead atoms. The molecule has 1 rings (SSSR count). The van der Waals surface area contributed by atoms with Crippen LogP contribution in [-0.4, -0.2) is 18.2 Å². The number of carbonyl (C=O) groups excluding carboxylic acids is 1. The second kappa shape index (κ2) is 6.10. The summed E-state index contributed by atoms with van der Waals surface area (Å²) in [7, 11) is 0. The van der Waals surface area contributed by atoms with Crippen molar-refractivity contribution in [3.8, 4) is 6.07 Å². The average Bonchev–Trinajstić information content (AvgIpc) is 2.27. The number of hydrogen-bond acceptors (Lipinski definition) is 3. The minimum Gasteiger partial charge on any atom is -0.356 e. The molecule has 1 N–H and O–H groups in total. The van der Waals surface area contributed by atoms with Crippen LogP contribution in [0.25, 0.3) is 0 Å². The molecule has 0 heterocycles. The fourth-order valence-corrected chi connectivity index (χ4v) is 1.84. The van der Waals surface area contributed by atoms with Crippen molar-refractivity contribution in [1.82, 2.24) is 5.32 Å². The van der Waals surface area contributed by atoms with Crippen molar-refractivity contribution >= 4 is 17.7 Å². The normalized spacial score (nSPS) is 9.33. The molecule has 0 aliphatic carbocycles. The Kier molecular flexibility index (Phi) is 4.72. The Morgan fingerprint density at radius 2 is 2.40 bits per heavy atom. The van der Waals surface area contributed by atoms with Gasteiger partial charge in [0.05, 0.1) is 17.4 Å². The van der Waals surface area contributed by atoms with Gasteiger partial charge in [0.25, 0.3) is 0 Å². The Morgan fingerprint density at radius 3 is 3.07 bits per heavy atom. The van der Waals surface area contributed by atoms with Gasteiger partial charge in [-0.15, -0.1) is 11.8 Å². The first-order chi connectivity index (χ1) is 7.26. The summed E-state index contributed by atoms with van der Waals surface area (Å²) < 4.78 is 0. The van der Waals surface area contributed by atoms with E-state index in [9.17, 15) is 4.79 Å². The predicted octanol–water partition coefficient (Wildman–Crippen LogP) is 1.79. The molecule has 0 fully saturated rings. The quantitative estimate of drug-likeness (QED) is 0.787. The van der Waals surface area contributed by atoms with Gasteiger partial charge in [-0.2, -0.15) is 5.26 Å². The zero-order valence-corrected chi connectivity index (χ0v) is 9.30. The lowest BCUT2D eigenvalue weighted by Crippen LogP contribution is -2.24. The third-order valence-corrected chi connectivity index (χ3v) is 2.70. The van der Waals surface area contributed by atoms with Gasteiger partial charge in [-0.3, -0.25) is 4.79 Å². The van der Waals surface area contributed by atoms with Gasteiger partial charge < -0.3 is 5.32 Å². The fourth-order valence-electron chi connectivity index (χ4n) is 1.05. The number of benzene rings is 1. The zero-order chi connectivity index (χ0) is 11.1. The SMILES string of the molecule is CCNC(=O)CSc1cccc(C#N)c1. The van der Waals surface area contributed by atoms with E-state index in [4.69, 9.17) is 5.26 Å². The highest BCUT2D eigenvalue weighted by molar-refractivity contribution is 8.00. The molecule has 0 unspecified atom stereocenters. The molecule has 0 spiro atoms. The number of rotatable bonds is 4. The first-order valence-corrected chi connectivity index (χ1v) is 5.64. The predicted molar refractivity (Wildman–Crippen MR) is 60.6 cm³/mol. The lowest BCUT2D eigenvalue weighted by Gasteiger charge is -2.02. The monoisotopic (exact) mass is 220 g/mol. The molecule has 1 aromatic carbocycles. The molecular formula is C11H12N2OS. The van der Waals surface area contributed by atoms with Gasteiger partial charge in [-0.05, 0) is 25.1 Å². The molecule has 0 aromatic heterocycles. The van der Waals surface area contributed by atoms with E-state index in [1.807, 2.05) is 19.1 Å². The minimum absolute atomic E-state index is 0.0184. The number of amides is 1. The molecule has 0 saturated heterocycles. The second-order valence-corrected chi connectivity index (χ2v) is 3.93. The van der Waals surface area contributed by atoms with E-state index in [-0.39, 0.29) is 5.91 Å². The third kappa shape index (κ3) is 4.05. The standard InChI is InChI=1S/C11H12N2OS/c1-2-13-11(14)8-15-10-5-3-4-9(6-10)7-12/h3-6H,2,8H2,1H3,(H,13,14). The van der Waals surface area contributed by atoms with E-state index >= 15 is 0 Å². The summed E-state index contributed by atoms with van der Waals surface area (Å²) in [6.45, 7) is 2.54. The van der Waals surface area contributed by atoms with Gasteiger partial charge in [0.1, 0.15) is 0 Å². The van der Waals surface area contributed by atoms with Crippen LogP contribution in [0.15, 0.2) is 29.2 Å². The van der Waals surface area contributed by atoms with Crippen LogP contribution in [0.3, 0.4) is 0 Å². The van der Waals surface area contributed by atoms with Crippen LogP contribution in [0.1, 0.15) is 12.5 Å². The molecular weight excluding hydrogens is 208 g/mol. The van der Waals surface area contributed by atoms with E-state index in [0.29, 0.717) is 17.9 Å². The van der Waals surface area contributed by atoms with Crippen molar-refractivity contribution in [2.45, 2.75) is 11.8 Å². The van der Waals surface area contributed by atoms with Crippen molar-refractivity contribution < 1.29 is 4.79 Å². The highest BCUT2D eigenvalue weighted by Crippen LogP contribution is 2.18. The van der Waals surface area contributed by atoms with Gasteiger partial charge in [-0.25, -0.2) is 0 Å². The summed E-state index contributed by atoms with van der Waals surface area (Å²) in [5.74, 6) is 0.410. The molecule has 0 saturated carbocycles. The van der Waals surface area contributed by atoms with E-state index in [1.54, 1.807) is 12.1 Å². The molecule has 1 amide bonds. The van der Waals surface area contributed by atoms with Crippen LogP contribution in [0.2, 0.25) is 0 Å². The van der Waals surface area contributed by atoms with Gasteiger partial charge in [0.2, 0.25) is 5.91 Å². The average molecular weight is 220 g/mol. The molecule has 78 valence electrons. The zero-order valence-electron chi connectivity index (χ0n) is 8.49. The second-order valence-electron chi connectivity index (χ2n) is 2.88. The number of nitrogens with one attached hydrogen (secondary N) is 1. The molecule has 0 aliphatic rings. The van der Waals surface area contributed by atoms with E-state index in [1.165, 1.54) is 11.8 Å². The maximum Gasteiger partial charge on any atom is 0.230 e. The maximum atomic E-state index is 11.2. The third-order valence-electron chi connectivity index (χ3n) is 1.71. The number of nitrogens with zero attached hydrogens (tertiary/aromatic N) is 1. The first-order valence-electron chi connectivity index (χ1n) is 4.66. The first kappa shape index (κ1) is 11.6. The van der Waals surface area contributed by atoms with Gasteiger partial charge >= 0.3 is 0 Å². The minimum atomic E-state index is 0.0184. The molecule has 0 radical (unpaired) electrons. The smallest absolute Gasteiger partial charge is 0.230 e. The highest BCUT2D eigenvalue weighted by Gasteiger charge is 2.01. The fraction of sp³-hybridized carbons (Fsp3) is 0.273. The Hall–Kier alpha value is -1.47. The topological polar surface area (TPSA) is 52.9 Å². The highest BCUT2D eigenvalue weighted by atomic mass is 32.2. The van der Waals surface area contributed by atoms with Crippen molar-refractivity contribution in [2.24, 2.45) is 0 Å². The Balaban J connectivity index is 2.51. The number of carbonyl (C=O) groups is 1. The van der Waals surface area contributed by atoms with Crippen LogP contribution in [0, 0.1) is 11.3 Å². The van der Waals surface area contributed by atoms with Crippen LogP contribution in [0.4, 0.5) is 0 Å². The van der Waals surface area contributed by atoms with E-state index in [0.717, 1.165) is 4.90 Å². The number of thioether (sulfide) groups is 1. The van der Waals surface area contributed by atoms with E-state index < -0.39 is 0 Å². The summed E-state index contributed by atoms with van der Waals surface area (Å²) in [6.07, 6.45) is 0. The van der Waals surface area contributed by atoms with Crippen LogP contribution in [0.5, 0.6) is 0 Å². The Bertz CT molecular complexity index is 384. The summed E-state index contributed by atoms with van der Waals surface area (Å²) >= 11 is 1.43. The Labute approximate surface area is 93.5 Å². The summed E-state index contributed by atoms with van der Waals surface area (Å²) in [5, 5.41) is 11.4. The van der Waals surface area contributed by atoms with Crippen molar-refractivity contribution in [3.63, 3.8) is 0 Å². The molecule has 1 aromatic rings. The van der Waals surface area contributed by atoms with Crippen LogP contribution in [-0.2, 0) is 4.79 Å². The number of nitriles is 1. The van der Waals surface area contributed by atoms with Crippen molar-refractivity contribution in [1.29, 1.82) is 5.26 Å². The molecule has 4 heteroatoms. The molecule has 3 nitrogen and oxygen atoms in total. The van der Waals surface area contributed by atoms with E-state index in [2.05, 4.69) is 11.4 Å². The van der Waals surface area contributed by atoms with Crippen LogP contribution < -0.4 is 5.32 Å². The van der Waals surface area contributed by atoms with Crippen molar-refractivity contribution in [2.75, 3.05) is 12.3 Å². The lowest BCUT2D eigenvalue weighted by atomic mass is 10.2. The summed E-state index contributed by atoms with van der Waals surface area (Å²) in [4.78, 5) is 12.1. The number of hydrogen-bond donors (Lipinski definition) is 1. The maximum absolute atomic E-state index is 11.2. The van der Waals surface area contributed by atoms with Crippen LogP contribution >= 0.6 is 11.8 Å². The largest absolute Gasteiger partial charge is 0.356 e. The molecule has 0 atom stereocenters.